The second kappa shape index (κ2) is 3.66. The Hall–Kier alpha value is -1.36. The molecule has 0 aromatic carbocycles. The molecule has 2 heterocycles. The molecule has 0 unspecified atom stereocenters. The number of anilines is 1. The molecule has 0 spiro atoms. The topological polar surface area (TPSA) is 61.0 Å². The van der Waals surface area contributed by atoms with Gasteiger partial charge < -0.3 is 15.2 Å². The Morgan fingerprint density at radius 2 is 2.33 bits per heavy atom. The Kier molecular flexibility index (Phi) is 2.48. The summed E-state index contributed by atoms with van der Waals surface area (Å²) in [5, 5.41) is 3.33. The summed E-state index contributed by atoms with van der Waals surface area (Å²) in [4.78, 5) is 20.1. The van der Waals surface area contributed by atoms with Gasteiger partial charge in [0.05, 0.1) is 6.33 Å². The molecule has 1 aromatic heterocycles. The Bertz CT molecular complexity index is 398. The molecule has 0 aliphatic carbocycles. The number of aromatic amines is 1. The van der Waals surface area contributed by atoms with E-state index in [0.717, 1.165) is 25.5 Å². The van der Waals surface area contributed by atoms with Gasteiger partial charge in [-0.25, -0.2) is 4.98 Å². The Balaban J connectivity index is 2.33. The highest BCUT2D eigenvalue weighted by atomic mass is 16.1. The number of H-pyrrole nitrogens is 1. The molecule has 2 rings (SSSR count). The van der Waals surface area contributed by atoms with Gasteiger partial charge in [0.15, 0.2) is 0 Å². The summed E-state index contributed by atoms with van der Waals surface area (Å²) in [5.41, 5.74) is -0.103. The molecule has 2 N–H and O–H groups in total. The SMILES string of the molecule is CC1(C)CNCCN1c1cc(=O)[nH]cn1. The molecule has 0 amide bonds. The van der Waals surface area contributed by atoms with Crippen LogP contribution in [0.3, 0.4) is 0 Å². The van der Waals surface area contributed by atoms with E-state index in [9.17, 15) is 4.79 Å². The third-order valence-corrected chi connectivity index (χ3v) is 2.74. The molecule has 82 valence electrons. The zero-order valence-electron chi connectivity index (χ0n) is 9.08. The summed E-state index contributed by atoms with van der Waals surface area (Å²) in [5.74, 6) is 0.755. The minimum Gasteiger partial charge on any atom is -0.349 e. The van der Waals surface area contributed by atoms with Crippen LogP contribution in [-0.2, 0) is 0 Å². The van der Waals surface area contributed by atoms with Crippen molar-refractivity contribution >= 4 is 5.82 Å². The first-order chi connectivity index (χ1) is 7.09. The van der Waals surface area contributed by atoms with Crippen molar-refractivity contribution < 1.29 is 0 Å². The molecular weight excluding hydrogens is 192 g/mol. The molecule has 0 bridgehead atoms. The molecular formula is C10H16N4O. The van der Waals surface area contributed by atoms with E-state index in [0.29, 0.717) is 0 Å². The number of aromatic nitrogens is 2. The van der Waals surface area contributed by atoms with E-state index in [1.807, 2.05) is 0 Å². The fourth-order valence-electron chi connectivity index (χ4n) is 1.91. The maximum absolute atomic E-state index is 11.2. The summed E-state index contributed by atoms with van der Waals surface area (Å²) in [6, 6.07) is 1.55. The van der Waals surface area contributed by atoms with Gasteiger partial charge in [0.25, 0.3) is 5.56 Å². The lowest BCUT2D eigenvalue weighted by atomic mass is 10.0. The number of nitrogens with one attached hydrogen (secondary N) is 2. The fraction of sp³-hybridized carbons (Fsp3) is 0.600. The lowest BCUT2D eigenvalue weighted by Gasteiger charge is -2.43. The second-order valence-corrected chi connectivity index (χ2v) is 4.41. The van der Waals surface area contributed by atoms with Crippen molar-refractivity contribution in [3.63, 3.8) is 0 Å². The van der Waals surface area contributed by atoms with Crippen molar-refractivity contribution in [2.75, 3.05) is 24.5 Å². The number of hydrogen-bond acceptors (Lipinski definition) is 4. The van der Waals surface area contributed by atoms with Crippen molar-refractivity contribution in [3.8, 4) is 0 Å². The van der Waals surface area contributed by atoms with Gasteiger partial charge in [-0.2, -0.15) is 0 Å². The highest BCUT2D eigenvalue weighted by molar-refractivity contribution is 5.41. The third-order valence-electron chi connectivity index (χ3n) is 2.74. The first kappa shape index (κ1) is 10.2. The smallest absolute Gasteiger partial charge is 0.252 e. The predicted molar refractivity (Wildman–Crippen MR) is 59.2 cm³/mol. The normalized spacial score (nSPS) is 20.3. The van der Waals surface area contributed by atoms with E-state index in [-0.39, 0.29) is 11.1 Å². The standard InChI is InChI=1S/C10H16N4O/c1-10(2)6-11-3-4-14(10)8-5-9(15)13-7-12-8/h5,7,11H,3-4,6H2,1-2H3,(H,12,13,15). The van der Waals surface area contributed by atoms with E-state index in [4.69, 9.17) is 0 Å². The molecule has 1 aromatic rings. The van der Waals surface area contributed by atoms with E-state index < -0.39 is 0 Å². The van der Waals surface area contributed by atoms with Gasteiger partial charge in [0.2, 0.25) is 0 Å². The van der Waals surface area contributed by atoms with E-state index >= 15 is 0 Å². The van der Waals surface area contributed by atoms with Crippen LogP contribution in [0.1, 0.15) is 13.8 Å². The first-order valence-electron chi connectivity index (χ1n) is 5.13. The van der Waals surface area contributed by atoms with E-state index in [2.05, 4.69) is 34.0 Å². The van der Waals surface area contributed by atoms with Gasteiger partial charge in [0.1, 0.15) is 5.82 Å². The highest BCUT2D eigenvalue weighted by Crippen LogP contribution is 2.21. The van der Waals surface area contributed by atoms with Crippen LogP contribution in [0.4, 0.5) is 5.82 Å². The molecule has 0 saturated carbocycles. The summed E-state index contributed by atoms with van der Waals surface area (Å²) >= 11 is 0. The van der Waals surface area contributed by atoms with Crippen molar-refractivity contribution in [1.82, 2.24) is 15.3 Å². The summed E-state index contributed by atoms with van der Waals surface area (Å²) in [7, 11) is 0. The molecule has 5 nitrogen and oxygen atoms in total. The number of piperazine rings is 1. The fourth-order valence-corrected chi connectivity index (χ4v) is 1.91. The average Bonchev–Trinajstić information content (AvgIpc) is 2.17. The lowest BCUT2D eigenvalue weighted by molar-refractivity contribution is 0.377. The number of hydrogen-bond donors (Lipinski definition) is 2. The zero-order chi connectivity index (χ0) is 10.9. The van der Waals surface area contributed by atoms with Crippen LogP contribution in [0.2, 0.25) is 0 Å². The molecule has 5 heteroatoms. The van der Waals surface area contributed by atoms with Crippen molar-refractivity contribution in [1.29, 1.82) is 0 Å². The van der Waals surface area contributed by atoms with Crippen molar-refractivity contribution in [3.05, 3.63) is 22.7 Å². The molecule has 0 radical (unpaired) electrons. The monoisotopic (exact) mass is 208 g/mol. The Morgan fingerprint density at radius 1 is 1.53 bits per heavy atom. The largest absolute Gasteiger partial charge is 0.349 e. The molecule has 1 fully saturated rings. The summed E-state index contributed by atoms with van der Waals surface area (Å²) < 4.78 is 0. The maximum Gasteiger partial charge on any atom is 0.252 e. The van der Waals surface area contributed by atoms with Crippen LogP contribution in [0.15, 0.2) is 17.2 Å². The van der Waals surface area contributed by atoms with Crippen LogP contribution < -0.4 is 15.8 Å². The van der Waals surface area contributed by atoms with E-state index in [1.165, 1.54) is 6.33 Å². The molecule has 1 saturated heterocycles. The third kappa shape index (κ3) is 2.02. The Morgan fingerprint density at radius 3 is 3.00 bits per heavy atom. The highest BCUT2D eigenvalue weighted by Gasteiger charge is 2.30. The quantitative estimate of drug-likeness (QED) is 0.679. The minimum absolute atomic E-state index is 0.000949. The number of nitrogens with zero attached hydrogens (tertiary/aromatic N) is 2. The average molecular weight is 208 g/mol. The van der Waals surface area contributed by atoms with Gasteiger partial charge >= 0.3 is 0 Å². The lowest BCUT2D eigenvalue weighted by Crippen LogP contribution is -2.58. The maximum atomic E-state index is 11.2. The Labute approximate surface area is 88.5 Å². The van der Waals surface area contributed by atoms with Crippen LogP contribution in [-0.4, -0.2) is 35.1 Å². The predicted octanol–water partition coefficient (Wildman–Crippen LogP) is -0.0419. The first-order valence-corrected chi connectivity index (χ1v) is 5.13. The molecule has 1 aliphatic rings. The zero-order valence-corrected chi connectivity index (χ0v) is 9.08. The summed E-state index contributed by atoms with van der Waals surface area (Å²) in [6.07, 6.45) is 1.45. The molecule has 1 aliphatic heterocycles. The van der Waals surface area contributed by atoms with Crippen molar-refractivity contribution in [2.45, 2.75) is 19.4 Å². The number of rotatable bonds is 1. The molecule has 15 heavy (non-hydrogen) atoms. The molecule has 0 atom stereocenters. The van der Waals surface area contributed by atoms with E-state index in [1.54, 1.807) is 6.07 Å². The van der Waals surface area contributed by atoms with Gasteiger partial charge in [-0.05, 0) is 13.8 Å². The van der Waals surface area contributed by atoms with Crippen LogP contribution in [0.25, 0.3) is 0 Å². The minimum atomic E-state index is -0.102. The van der Waals surface area contributed by atoms with Gasteiger partial charge in [-0.15, -0.1) is 0 Å². The van der Waals surface area contributed by atoms with Gasteiger partial charge in [-0.1, -0.05) is 0 Å². The van der Waals surface area contributed by atoms with Crippen LogP contribution in [0.5, 0.6) is 0 Å². The van der Waals surface area contributed by atoms with Crippen LogP contribution >= 0.6 is 0 Å². The second-order valence-electron chi connectivity index (χ2n) is 4.41. The van der Waals surface area contributed by atoms with Gasteiger partial charge in [-0.3, -0.25) is 4.79 Å². The van der Waals surface area contributed by atoms with Crippen LogP contribution in [0, 0.1) is 0 Å². The van der Waals surface area contributed by atoms with Gasteiger partial charge in [0, 0.05) is 31.2 Å². The summed E-state index contributed by atoms with van der Waals surface area (Å²) in [6.45, 7) is 6.99. The van der Waals surface area contributed by atoms with Crippen molar-refractivity contribution in [2.24, 2.45) is 0 Å².